The Morgan fingerprint density at radius 3 is 2.63 bits per heavy atom. The van der Waals surface area contributed by atoms with E-state index in [0.29, 0.717) is 5.56 Å². The van der Waals surface area contributed by atoms with Gasteiger partial charge >= 0.3 is 12.0 Å². The number of anilines is 1. The molecule has 0 radical (unpaired) electrons. The number of rotatable bonds is 4. The van der Waals surface area contributed by atoms with Gasteiger partial charge < -0.3 is 9.47 Å². The summed E-state index contributed by atoms with van der Waals surface area (Å²) in [5, 5.41) is 0. The third kappa shape index (κ3) is 2.86. The number of benzene rings is 1. The highest BCUT2D eigenvalue weighted by Crippen LogP contribution is 2.25. The predicted octanol–water partition coefficient (Wildman–Crippen LogP) is 1.41. The van der Waals surface area contributed by atoms with Gasteiger partial charge in [-0.2, -0.15) is 9.97 Å². The molecule has 2 rings (SSSR count). The number of nitrogens with zero attached hydrogens (tertiary/aromatic N) is 3. The molecule has 0 amide bonds. The monoisotopic (exact) mass is 265 g/mol. The van der Waals surface area contributed by atoms with E-state index < -0.39 is 5.82 Å². The first-order chi connectivity index (χ1) is 9.13. The Hall–Kier alpha value is -2.48. The minimum absolute atomic E-state index is 0.00557. The van der Waals surface area contributed by atoms with Gasteiger partial charge in [-0.05, 0) is 18.6 Å². The molecule has 0 aliphatic carbocycles. The largest absolute Gasteiger partial charge is 0.467 e. The van der Waals surface area contributed by atoms with Crippen molar-refractivity contribution in [2.75, 3.05) is 12.5 Å². The van der Waals surface area contributed by atoms with Crippen molar-refractivity contribution < 1.29 is 13.9 Å². The normalized spacial score (nSPS) is 10.1. The van der Waals surface area contributed by atoms with E-state index in [9.17, 15) is 4.39 Å². The van der Waals surface area contributed by atoms with Crippen LogP contribution >= 0.6 is 0 Å². The van der Waals surface area contributed by atoms with Crippen LogP contribution in [-0.2, 0) is 0 Å². The van der Waals surface area contributed by atoms with Crippen molar-refractivity contribution in [2.24, 2.45) is 5.84 Å². The second-order valence-electron chi connectivity index (χ2n) is 3.56. The molecule has 19 heavy (non-hydrogen) atoms. The molecule has 2 aromatic rings. The molecular formula is C11H12FN5O2. The van der Waals surface area contributed by atoms with Gasteiger partial charge in [-0.25, -0.2) is 10.2 Å². The van der Waals surface area contributed by atoms with E-state index in [2.05, 4.69) is 20.4 Å². The van der Waals surface area contributed by atoms with Gasteiger partial charge in [0.2, 0.25) is 5.95 Å². The third-order valence-corrected chi connectivity index (χ3v) is 2.26. The molecule has 3 N–H and O–H groups in total. The molecule has 0 fully saturated rings. The van der Waals surface area contributed by atoms with Crippen LogP contribution in [0.1, 0.15) is 5.56 Å². The first-order valence-corrected chi connectivity index (χ1v) is 5.33. The highest BCUT2D eigenvalue weighted by atomic mass is 19.1. The molecule has 1 aromatic carbocycles. The van der Waals surface area contributed by atoms with E-state index in [1.165, 1.54) is 13.2 Å². The summed E-state index contributed by atoms with van der Waals surface area (Å²) < 4.78 is 23.9. The average Bonchev–Trinajstić information content (AvgIpc) is 2.43. The van der Waals surface area contributed by atoms with Gasteiger partial charge in [0, 0.05) is 0 Å². The number of hydrogen-bond acceptors (Lipinski definition) is 7. The lowest BCUT2D eigenvalue weighted by molar-refractivity contribution is 0.354. The molecule has 0 bridgehead atoms. The van der Waals surface area contributed by atoms with Gasteiger partial charge in [0.25, 0.3) is 0 Å². The Bertz CT molecular complexity index is 571. The number of nitrogen functional groups attached to an aromatic ring is 1. The molecule has 0 unspecified atom stereocenters. The van der Waals surface area contributed by atoms with Crippen LogP contribution in [0.2, 0.25) is 0 Å². The van der Waals surface area contributed by atoms with Gasteiger partial charge in [0.15, 0.2) is 11.6 Å². The lowest BCUT2D eigenvalue weighted by atomic mass is 10.2. The number of nitrogens with two attached hydrogens (primary N) is 1. The van der Waals surface area contributed by atoms with E-state index in [1.54, 1.807) is 19.1 Å². The predicted molar refractivity (Wildman–Crippen MR) is 65.4 cm³/mol. The van der Waals surface area contributed by atoms with Crippen LogP contribution in [-0.4, -0.2) is 22.1 Å². The Labute approximate surface area is 108 Å². The fourth-order valence-electron chi connectivity index (χ4n) is 1.34. The highest BCUT2D eigenvalue weighted by molar-refractivity contribution is 5.33. The van der Waals surface area contributed by atoms with E-state index in [0.717, 1.165) is 0 Å². The number of hydrogen-bond donors (Lipinski definition) is 2. The zero-order valence-electron chi connectivity index (χ0n) is 10.3. The molecular weight excluding hydrogens is 253 g/mol. The summed E-state index contributed by atoms with van der Waals surface area (Å²) in [5.41, 5.74) is 2.69. The standard InChI is InChI=1S/C11H12FN5O2/c1-6-4-3-5-7(8(6)12)19-11-15-9(17-13)14-10(16-11)18-2/h3-5H,13H2,1-2H3,(H,14,15,16,17). The summed E-state index contributed by atoms with van der Waals surface area (Å²) >= 11 is 0. The fraction of sp³-hybridized carbons (Fsp3) is 0.182. The number of hydrazine groups is 1. The van der Waals surface area contributed by atoms with Gasteiger partial charge in [-0.3, -0.25) is 5.43 Å². The molecule has 0 aliphatic heterocycles. The molecule has 1 aromatic heterocycles. The van der Waals surface area contributed by atoms with Crippen molar-refractivity contribution >= 4 is 5.95 Å². The van der Waals surface area contributed by atoms with Crippen LogP contribution in [0, 0.1) is 12.7 Å². The Kier molecular flexibility index (Phi) is 3.71. The molecule has 8 heteroatoms. The maximum absolute atomic E-state index is 13.8. The van der Waals surface area contributed by atoms with Crippen molar-refractivity contribution in [2.45, 2.75) is 6.92 Å². The van der Waals surface area contributed by atoms with Crippen LogP contribution in [0.3, 0.4) is 0 Å². The Balaban J connectivity index is 2.34. The number of aryl methyl sites for hydroxylation is 1. The van der Waals surface area contributed by atoms with Crippen molar-refractivity contribution in [3.05, 3.63) is 29.6 Å². The molecule has 0 atom stereocenters. The second-order valence-corrected chi connectivity index (χ2v) is 3.56. The van der Waals surface area contributed by atoms with E-state index in [4.69, 9.17) is 15.3 Å². The number of methoxy groups -OCH3 is 1. The molecule has 100 valence electrons. The third-order valence-electron chi connectivity index (χ3n) is 2.26. The van der Waals surface area contributed by atoms with Gasteiger partial charge in [0.05, 0.1) is 7.11 Å². The second kappa shape index (κ2) is 5.44. The number of aromatic nitrogens is 3. The SMILES string of the molecule is COc1nc(NN)nc(Oc2cccc(C)c2F)n1. The first kappa shape index (κ1) is 13.0. The molecule has 0 spiro atoms. The van der Waals surface area contributed by atoms with E-state index in [1.807, 2.05) is 0 Å². The fourth-order valence-corrected chi connectivity index (χ4v) is 1.34. The molecule has 0 aliphatic rings. The Morgan fingerprint density at radius 1 is 1.21 bits per heavy atom. The highest BCUT2D eigenvalue weighted by Gasteiger charge is 2.12. The van der Waals surface area contributed by atoms with Gasteiger partial charge in [-0.15, -0.1) is 4.98 Å². The maximum atomic E-state index is 13.8. The van der Waals surface area contributed by atoms with Crippen LogP contribution in [0.4, 0.5) is 10.3 Å². The number of ether oxygens (including phenoxy) is 2. The molecule has 1 heterocycles. The minimum Gasteiger partial charge on any atom is -0.467 e. The summed E-state index contributed by atoms with van der Waals surface area (Å²) in [6.07, 6.45) is 0. The summed E-state index contributed by atoms with van der Waals surface area (Å²) in [6.45, 7) is 1.63. The minimum atomic E-state index is -0.482. The van der Waals surface area contributed by atoms with Crippen LogP contribution in [0.15, 0.2) is 18.2 Å². The molecule has 0 saturated carbocycles. The van der Waals surface area contributed by atoms with Gasteiger partial charge in [0.1, 0.15) is 0 Å². The quantitative estimate of drug-likeness (QED) is 0.637. The smallest absolute Gasteiger partial charge is 0.330 e. The average molecular weight is 265 g/mol. The van der Waals surface area contributed by atoms with Crippen molar-refractivity contribution in [3.8, 4) is 17.8 Å². The maximum Gasteiger partial charge on any atom is 0.330 e. The summed E-state index contributed by atoms with van der Waals surface area (Å²) in [7, 11) is 1.38. The van der Waals surface area contributed by atoms with Crippen LogP contribution in [0.25, 0.3) is 0 Å². The number of nitrogens with one attached hydrogen (secondary N) is 1. The molecule has 0 saturated heterocycles. The van der Waals surface area contributed by atoms with E-state index >= 15 is 0 Å². The van der Waals surface area contributed by atoms with E-state index in [-0.39, 0.29) is 23.7 Å². The van der Waals surface area contributed by atoms with Crippen molar-refractivity contribution in [1.82, 2.24) is 15.0 Å². The topological polar surface area (TPSA) is 95.2 Å². The summed E-state index contributed by atoms with van der Waals surface area (Å²) in [5.74, 6) is 4.78. The zero-order valence-corrected chi connectivity index (χ0v) is 10.3. The lowest BCUT2D eigenvalue weighted by Gasteiger charge is -2.08. The molecule has 7 nitrogen and oxygen atoms in total. The Morgan fingerprint density at radius 2 is 1.95 bits per heavy atom. The van der Waals surface area contributed by atoms with Crippen molar-refractivity contribution in [3.63, 3.8) is 0 Å². The van der Waals surface area contributed by atoms with Crippen LogP contribution in [0.5, 0.6) is 17.8 Å². The lowest BCUT2D eigenvalue weighted by Crippen LogP contribution is -2.12. The zero-order chi connectivity index (χ0) is 13.8. The van der Waals surface area contributed by atoms with Gasteiger partial charge in [-0.1, -0.05) is 12.1 Å². The van der Waals surface area contributed by atoms with Crippen LogP contribution < -0.4 is 20.7 Å². The summed E-state index contributed by atoms with van der Waals surface area (Å²) in [6, 6.07) is 4.64. The van der Waals surface area contributed by atoms with Crippen molar-refractivity contribution in [1.29, 1.82) is 0 Å². The summed E-state index contributed by atoms with van der Waals surface area (Å²) in [4.78, 5) is 11.5. The number of halogens is 1. The first-order valence-electron chi connectivity index (χ1n) is 5.33.